The molecule has 0 spiro atoms. The Morgan fingerprint density at radius 3 is 2.29 bits per heavy atom. The van der Waals surface area contributed by atoms with Gasteiger partial charge in [0.25, 0.3) is 11.8 Å². The van der Waals surface area contributed by atoms with E-state index in [0.29, 0.717) is 28.1 Å². The van der Waals surface area contributed by atoms with E-state index in [1.54, 1.807) is 31.4 Å². The normalized spacial score (nSPS) is 14.9. The second-order valence-electron chi connectivity index (χ2n) is 6.63. The molecule has 0 saturated carbocycles. The number of hydrogen-bond acceptors (Lipinski definition) is 3. The predicted molar refractivity (Wildman–Crippen MR) is 110 cm³/mol. The van der Waals surface area contributed by atoms with Crippen LogP contribution in [0.4, 0.5) is 5.69 Å². The minimum absolute atomic E-state index is 0.316. The molecule has 0 fully saturated rings. The summed E-state index contributed by atoms with van der Waals surface area (Å²) in [6, 6.07) is 22.1. The minimum atomic E-state index is -0.347. The van der Waals surface area contributed by atoms with E-state index in [0.717, 1.165) is 11.1 Å². The molecule has 0 saturated heterocycles. The van der Waals surface area contributed by atoms with Crippen LogP contribution in [-0.2, 0) is 4.79 Å². The number of fused-ring (bicyclic) bond motifs is 1. The Morgan fingerprint density at radius 1 is 0.821 bits per heavy atom. The van der Waals surface area contributed by atoms with Gasteiger partial charge >= 0.3 is 0 Å². The van der Waals surface area contributed by atoms with E-state index in [1.807, 2.05) is 61.5 Å². The molecule has 4 rings (SSSR count). The number of hydrogen-bond donors (Lipinski definition) is 0. The van der Waals surface area contributed by atoms with Crippen molar-refractivity contribution < 1.29 is 14.3 Å². The standard InChI is InChI=1S/C24H19NO3/c1-16-8-7-10-18(14-16)25-23(26)20-12-5-4-11-19(20)21(24(25)27)15-17-9-3-6-13-22(17)28-2/h3-15H,1-2H3/b21-15+. The highest BCUT2D eigenvalue weighted by Crippen LogP contribution is 2.34. The fourth-order valence-electron chi connectivity index (χ4n) is 3.44. The van der Waals surface area contributed by atoms with Crippen molar-refractivity contribution in [2.24, 2.45) is 0 Å². The molecule has 1 aliphatic heterocycles. The van der Waals surface area contributed by atoms with Gasteiger partial charge in [0.15, 0.2) is 0 Å². The zero-order valence-corrected chi connectivity index (χ0v) is 15.7. The molecule has 138 valence electrons. The highest BCUT2D eigenvalue weighted by molar-refractivity contribution is 6.43. The van der Waals surface area contributed by atoms with E-state index >= 15 is 0 Å². The maximum atomic E-state index is 13.4. The van der Waals surface area contributed by atoms with Gasteiger partial charge in [-0.1, -0.05) is 48.5 Å². The van der Waals surface area contributed by atoms with Crippen molar-refractivity contribution in [2.45, 2.75) is 6.92 Å². The number of rotatable bonds is 3. The number of amides is 2. The van der Waals surface area contributed by atoms with Gasteiger partial charge in [0.05, 0.1) is 12.8 Å². The monoisotopic (exact) mass is 369 g/mol. The number of para-hydroxylation sites is 1. The Hall–Kier alpha value is -3.66. The summed E-state index contributed by atoms with van der Waals surface area (Å²) in [6.45, 7) is 1.93. The van der Waals surface area contributed by atoms with Gasteiger partial charge in [0, 0.05) is 16.7 Å². The second kappa shape index (κ2) is 7.16. The Kier molecular flexibility index (Phi) is 4.53. The number of methoxy groups -OCH3 is 1. The van der Waals surface area contributed by atoms with Crippen LogP contribution >= 0.6 is 0 Å². The maximum absolute atomic E-state index is 13.4. The molecular formula is C24H19NO3. The number of imide groups is 1. The average molecular weight is 369 g/mol. The summed E-state index contributed by atoms with van der Waals surface area (Å²) in [5.74, 6) is 0.00266. The third-order valence-corrected chi connectivity index (χ3v) is 4.78. The van der Waals surface area contributed by atoms with E-state index in [1.165, 1.54) is 4.90 Å². The summed E-state index contributed by atoms with van der Waals surface area (Å²) in [5, 5.41) is 0. The molecule has 0 aromatic heterocycles. The molecule has 0 radical (unpaired) electrons. The zero-order valence-electron chi connectivity index (χ0n) is 15.7. The molecule has 4 heteroatoms. The molecule has 0 bridgehead atoms. The second-order valence-corrected chi connectivity index (χ2v) is 6.63. The summed E-state index contributed by atoms with van der Waals surface area (Å²) in [5.41, 5.74) is 3.92. The smallest absolute Gasteiger partial charge is 0.265 e. The quantitative estimate of drug-likeness (QED) is 0.495. The van der Waals surface area contributed by atoms with Gasteiger partial charge in [-0.2, -0.15) is 0 Å². The number of carbonyl (C=O) groups excluding carboxylic acids is 2. The maximum Gasteiger partial charge on any atom is 0.265 e. The Bertz CT molecular complexity index is 1110. The van der Waals surface area contributed by atoms with Gasteiger partial charge in [-0.25, -0.2) is 4.90 Å². The molecule has 4 nitrogen and oxygen atoms in total. The van der Waals surface area contributed by atoms with E-state index < -0.39 is 0 Å². The van der Waals surface area contributed by atoms with E-state index in [2.05, 4.69) is 0 Å². The van der Waals surface area contributed by atoms with Gasteiger partial charge < -0.3 is 4.74 Å². The molecule has 0 N–H and O–H groups in total. The lowest BCUT2D eigenvalue weighted by Gasteiger charge is -2.29. The third-order valence-electron chi connectivity index (χ3n) is 4.78. The number of aryl methyl sites for hydroxylation is 1. The molecule has 1 aliphatic rings. The van der Waals surface area contributed by atoms with Crippen LogP contribution in [0.3, 0.4) is 0 Å². The third kappa shape index (κ3) is 2.99. The lowest BCUT2D eigenvalue weighted by Crippen LogP contribution is -2.41. The van der Waals surface area contributed by atoms with Crippen LogP contribution in [-0.4, -0.2) is 18.9 Å². The number of carbonyl (C=O) groups is 2. The van der Waals surface area contributed by atoms with Crippen molar-refractivity contribution in [1.82, 2.24) is 0 Å². The van der Waals surface area contributed by atoms with E-state index in [9.17, 15) is 9.59 Å². The first kappa shape index (κ1) is 17.7. The van der Waals surface area contributed by atoms with Crippen molar-refractivity contribution in [3.63, 3.8) is 0 Å². The fraction of sp³-hybridized carbons (Fsp3) is 0.0833. The van der Waals surface area contributed by atoms with Crippen LogP contribution < -0.4 is 9.64 Å². The molecule has 0 unspecified atom stereocenters. The van der Waals surface area contributed by atoms with Crippen molar-refractivity contribution in [1.29, 1.82) is 0 Å². The molecule has 0 aliphatic carbocycles. The van der Waals surface area contributed by atoms with E-state index in [-0.39, 0.29) is 11.8 Å². The van der Waals surface area contributed by atoms with Crippen LogP contribution in [0.15, 0.2) is 72.8 Å². The number of anilines is 1. The molecular weight excluding hydrogens is 350 g/mol. The summed E-state index contributed by atoms with van der Waals surface area (Å²) in [6.07, 6.45) is 1.79. The summed E-state index contributed by atoms with van der Waals surface area (Å²) >= 11 is 0. The summed E-state index contributed by atoms with van der Waals surface area (Å²) in [7, 11) is 1.59. The first-order valence-corrected chi connectivity index (χ1v) is 8.99. The number of nitrogens with zero attached hydrogens (tertiary/aromatic N) is 1. The Morgan fingerprint density at radius 2 is 1.54 bits per heavy atom. The van der Waals surface area contributed by atoms with Gasteiger partial charge in [-0.15, -0.1) is 0 Å². The minimum Gasteiger partial charge on any atom is -0.496 e. The Balaban J connectivity index is 1.93. The van der Waals surface area contributed by atoms with Crippen molar-refractivity contribution in [3.8, 4) is 5.75 Å². The topological polar surface area (TPSA) is 46.6 Å². The molecule has 2 amide bonds. The van der Waals surface area contributed by atoms with Crippen molar-refractivity contribution in [3.05, 3.63) is 95.1 Å². The predicted octanol–water partition coefficient (Wildman–Crippen LogP) is 4.73. The van der Waals surface area contributed by atoms with Gasteiger partial charge in [-0.05, 0) is 48.4 Å². The highest BCUT2D eigenvalue weighted by atomic mass is 16.5. The average Bonchev–Trinajstić information content (AvgIpc) is 2.71. The molecule has 28 heavy (non-hydrogen) atoms. The Labute approximate surface area is 163 Å². The molecule has 1 heterocycles. The van der Waals surface area contributed by atoms with Crippen LogP contribution in [0.5, 0.6) is 5.75 Å². The van der Waals surface area contributed by atoms with Crippen LogP contribution in [0.1, 0.15) is 27.0 Å². The highest BCUT2D eigenvalue weighted by Gasteiger charge is 2.35. The van der Waals surface area contributed by atoms with Crippen molar-refractivity contribution in [2.75, 3.05) is 12.0 Å². The van der Waals surface area contributed by atoms with Gasteiger partial charge in [0.1, 0.15) is 5.75 Å². The van der Waals surface area contributed by atoms with Crippen LogP contribution in [0.2, 0.25) is 0 Å². The summed E-state index contributed by atoms with van der Waals surface area (Å²) < 4.78 is 5.42. The first-order valence-electron chi connectivity index (χ1n) is 8.99. The number of ether oxygens (including phenoxy) is 1. The first-order chi connectivity index (χ1) is 13.6. The lowest BCUT2D eigenvalue weighted by molar-refractivity contribution is -0.112. The summed E-state index contributed by atoms with van der Waals surface area (Å²) in [4.78, 5) is 27.8. The number of benzene rings is 3. The SMILES string of the molecule is COc1ccccc1/C=C1/C(=O)N(c2cccc(C)c2)C(=O)c2ccccc21. The van der Waals surface area contributed by atoms with Crippen LogP contribution in [0, 0.1) is 6.92 Å². The molecule has 0 atom stereocenters. The van der Waals surface area contributed by atoms with Gasteiger partial charge in [-0.3, -0.25) is 9.59 Å². The lowest BCUT2D eigenvalue weighted by atomic mass is 9.91. The van der Waals surface area contributed by atoms with E-state index in [4.69, 9.17) is 4.74 Å². The largest absolute Gasteiger partial charge is 0.496 e. The van der Waals surface area contributed by atoms with Gasteiger partial charge in [0.2, 0.25) is 0 Å². The van der Waals surface area contributed by atoms with Crippen LogP contribution in [0.25, 0.3) is 11.6 Å². The fourth-order valence-corrected chi connectivity index (χ4v) is 3.44. The zero-order chi connectivity index (χ0) is 19.7. The molecule has 3 aromatic rings. The molecule has 3 aromatic carbocycles. The van der Waals surface area contributed by atoms with Crippen molar-refractivity contribution >= 4 is 29.2 Å².